The Bertz CT molecular complexity index is 4200. The first-order valence-corrected chi connectivity index (χ1v) is 24.5. The number of rotatable bonds is 8. The minimum atomic E-state index is 0.657. The molecule has 9 aromatic carbocycles. The van der Waals surface area contributed by atoms with Gasteiger partial charge in [-0.3, -0.25) is 9.13 Å². The summed E-state index contributed by atoms with van der Waals surface area (Å²) in [6.45, 7) is 0. The molecule has 7 nitrogen and oxygen atoms in total. The third-order valence-electron chi connectivity index (χ3n) is 13.4. The molecular weight excluding hydrogens is 887 g/mol. The van der Waals surface area contributed by atoms with E-state index in [0.717, 1.165) is 121 Å². The first-order chi connectivity index (χ1) is 35.2. The molecule has 0 aliphatic heterocycles. The number of fused-ring (bicyclic) bond motifs is 8. The van der Waals surface area contributed by atoms with Gasteiger partial charge in [0.05, 0.1) is 43.7 Å². The average Bonchev–Trinajstić information content (AvgIpc) is 4.15. The van der Waals surface area contributed by atoms with E-state index in [1.165, 1.54) is 0 Å². The molecule has 5 heterocycles. The molecule has 0 fully saturated rings. The van der Waals surface area contributed by atoms with Gasteiger partial charge in [0, 0.05) is 67.1 Å². The zero-order valence-electron chi connectivity index (χ0n) is 38.1. The Morgan fingerprint density at radius 3 is 1.41 bits per heavy atom. The van der Waals surface area contributed by atoms with E-state index in [9.17, 15) is 0 Å². The van der Waals surface area contributed by atoms with Crippen LogP contribution in [0.25, 0.3) is 132 Å². The fourth-order valence-corrected chi connectivity index (χ4v) is 11.2. The number of aromatic nitrogens is 7. The van der Waals surface area contributed by atoms with Crippen molar-refractivity contribution in [2.45, 2.75) is 0 Å². The zero-order chi connectivity index (χ0) is 46.8. The second-order valence-corrected chi connectivity index (χ2v) is 18.6. The van der Waals surface area contributed by atoms with E-state index < -0.39 is 0 Å². The van der Waals surface area contributed by atoms with Gasteiger partial charge in [0.25, 0.3) is 0 Å². The van der Waals surface area contributed by atoms with Crippen LogP contribution < -0.4 is 0 Å². The van der Waals surface area contributed by atoms with Gasteiger partial charge in [-0.15, -0.1) is 11.3 Å². The number of benzene rings is 9. The van der Waals surface area contributed by atoms with E-state index in [-0.39, 0.29) is 0 Å². The molecule has 0 saturated carbocycles. The van der Waals surface area contributed by atoms with Crippen molar-refractivity contribution in [3.63, 3.8) is 0 Å². The normalized spacial score (nSPS) is 11.7. The van der Waals surface area contributed by atoms with Gasteiger partial charge >= 0.3 is 0 Å². The van der Waals surface area contributed by atoms with E-state index in [4.69, 9.17) is 24.9 Å². The summed E-state index contributed by atoms with van der Waals surface area (Å²) in [4.78, 5) is 26.4. The number of nitrogens with zero attached hydrogens (tertiary/aromatic N) is 7. The van der Waals surface area contributed by atoms with Crippen LogP contribution in [0.2, 0.25) is 0 Å². The molecule has 0 aliphatic carbocycles. The molecule has 0 amide bonds. The van der Waals surface area contributed by atoms with Gasteiger partial charge in [-0.2, -0.15) is 0 Å². The number of thiazole rings is 1. The summed E-state index contributed by atoms with van der Waals surface area (Å²) in [5.74, 6) is 2.90. The summed E-state index contributed by atoms with van der Waals surface area (Å²) in [6, 6.07) is 82.5. The third kappa shape index (κ3) is 6.91. The van der Waals surface area contributed by atoms with Crippen LogP contribution in [0.15, 0.2) is 237 Å². The number of hydrogen-bond donors (Lipinski definition) is 0. The Balaban J connectivity index is 1.04. The third-order valence-corrected chi connectivity index (χ3v) is 14.5. The lowest BCUT2D eigenvalue weighted by Crippen LogP contribution is -2.03. The second-order valence-electron chi connectivity index (χ2n) is 17.7. The minimum absolute atomic E-state index is 0.657. The molecule has 14 rings (SSSR count). The monoisotopic (exact) mass is 925 g/mol. The van der Waals surface area contributed by atoms with Crippen LogP contribution in [0, 0.1) is 0 Å². The number of hydrogen-bond acceptors (Lipinski definition) is 6. The Labute approximate surface area is 412 Å². The van der Waals surface area contributed by atoms with Crippen molar-refractivity contribution in [2.75, 3.05) is 0 Å². The maximum Gasteiger partial charge on any atom is 0.162 e. The highest BCUT2D eigenvalue weighted by molar-refractivity contribution is 7.22. The highest BCUT2D eigenvalue weighted by Crippen LogP contribution is 2.44. The van der Waals surface area contributed by atoms with Crippen LogP contribution in [-0.4, -0.2) is 34.1 Å². The van der Waals surface area contributed by atoms with E-state index in [0.29, 0.717) is 11.6 Å². The van der Waals surface area contributed by atoms with E-state index in [1.54, 1.807) is 11.3 Å². The lowest BCUT2D eigenvalue weighted by atomic mass is 10.00. The molecule has 0 N–H and O–H groups in total. The van der Waals surface area contributed by atoms with Crippen molar-refractivity contribution < 1.29 is 0 Å². The smallest absolute Gasteiger partial charge is 0.162 e. The average molecular weight is 926 g/mol. The Morgan fingerprint density at radius 1 is 0.310 bits per heavy atom. The molecular formula is C63H39N7S. The molecule has 0 atom stereocenters. The fourth-order valence-electron chi connectivity index (χ4n) is 10.1. The molecule has 0 unspecified atom stereocenters. The van der Waals surface area contributed by atoms with Crippen LogP contribution in [-0.2, 0) is 0 Å². The maximum atomic E-state index is 5.41. The zero-order valence-corrected chi connectivity index (χ0v) is 38.9. The lowest BCUT2D eigenvalue weighted by Gasteiger charge is -2.14. The van der Waals surface area contributed by atoms with Gasteiger partial charge in [0.15, 0.2) is 11.6 Å². The lowest BCUT2D eigenvalue weighted by molar-refractivity contribution is 1.05. The van der Waals surface area contributed by atoms with Crippen molar-refractivity contribution >= 4 is 65.2 Å². The fraction of sp³-hybridized carbons (Fsp3) is 0. The molecule has 0 saturated heterocycles. The number of para-hydroxylation sites is 2. The van der Waals surface area contributed by atoms with Gasteiger partial charge in [0.2, 0.25) is 0 Å². The van der Waals surface area contributed by atoms with Crippen LogP contribution in [0.5, 0.6) is 0 Å². The molecule has 0 radical (unpaired) electrons. The molecule has 0 spiro atoms. The van der Waals surface area contributed by atoms with Crippen LogP contribution in [0.4, 0.5) is 0 Å². The summed E-state index contributed by atoms with van der Waals surface area (Å²) in [5, 5.41) is 5.48. The van der Waals surface area contributed by atoms with Crippen molar-refractivity contribution in [3.05, 3.63) is 237 Å². The molecule has 0 bridgehead atoms. The maximum absolute atomic E-state index is 5.41. The predicted molar refractivity (Wildman–Crippen MR) is 292 cm³/mol. The van der Waals surface area contributed by atoms with Crippen LogP contribution in [0.1, 0.15) is 0 Å². The second kappa shape index (κ2) is 16.7. The molecule has 5 aromatic heterocycles. The standard InChI is InChI=1S/C63H39N7S/c1-6-19-40(20-7-1)52-38-56(67-61(64-52)42-23-10-3-11-24-42)69-54-32-17-16-29-47(54)48-31-18-30-46(58(48)69)45-33-36-55-50(37-45)49-34-35-51-60(71-63(66-51)44-27-14-5-15-28-44)59(49)70(55)57-39-53(41-21-8-2-9-22-41)65-62(68-57)43-25-12-4-13-26-43/h1-39H. The highest BCUT2D eigenvalue weighted by Gasteiger charge is 2.24. The summed E-state index contributed by atoms with van der Waals surface area (Å²) in [5.41, 5.74) is 14.1. The first kappa shape index (κ1) is 40.7. The van der Waals surface area contributed by atoms with Crippen LogP contribution in [0.3, 0.4) is 0 Å². The predicted octanol–water partition coefficient (Wildman–Crippen LogP) is 16.1. The van der Waals surface area contributed by atoms with E-state index in [1.807, 2.05) is 54.6 Å². The van der Waals surface area contributed by atoms with Gasteiger partial charge in [-0.1, -0.05) is 194 Å². The van der Waals surface area contributed by atoms with Crippen molar-refractivity contribution in [2.24, 2.45) is 0 Å². The molecule has 0 aliphatic rings. The van der Waals surface area contributed by atoms with Gasteiger partial charge in [-0.05, 0) is 35.9 Å². The van der Waals surface area contributed by atoms with Crippen molar-refractivity contribution in [1.29, 1.82) is 0 Å². The van der Waals surface area contributed by atoms with Gasteiger partial charge in [-0.25, -0.2) is 24.9 Å². The van der Waals surface area contributed by atoms with Gasteiger partial charge < -0.3 is 0 Å². The van der Waals surface area contributed by atoms with Gasteiger partial charge in [0.1, 0.15) is 16.6 Å². The van der Waals surface area contributed by atoms with Crippen LogP contribution >= 0.6 is 11.3 Å². The quantitative estimate of drug-likeness (QED) is 0.152. The molecule has 332 valence electrons. The summed E-state index contributed by atoms with van der Waals surface area (Å²) in [6.07, 6.45) is 0. The molecule has 8 heteroatoms. The Morgan fingerprint density at radius 2 is 0.803 bits per heavy atom. The highest BCUT2D eigenvalue weighted by atomic mass is 32.1. The minimum Gasteiger partial charge on any atom is -0.293 e. The largest absolute Gasteiger partial charge is 0.293 e. The van der Waals surface area contributed by atoms with E-state index in [2.05, 4.69) is 191 Å². The topological polar surface area (TPSA) is 74.3 Å². The summed E-state index contributed by atoms with van der Waals surface area (Å²) >= 11 is 1.72. The summed E-state index contributed by atoms with van der Waals surface area (Å²) in [7, 11) is 0. The first-order valence-electron chi connectivity index (χ1n) is 23.7. The molecule has 71 heavy (non-hydrogen) atoms. The summed E-state index contributed by atoms with van der Waals surface area (Å²) < 4.78 is 5.76. The van der Waals surface area contributed by atoms with Crippen molar-refractivity contribution in [3.8, 4) is 78.6 Å². The Kier molecular flexibility index (Phi) is 9.57. The SMILES string of the molecule is c1ccc(-c2cc(-n3c4ccccc4c4cccc(-c5ccc6c(c5)c5ccc7nc(-c8ccccc8)sc7c5n6-c5cc(-c6ccccc6)nc(-c6ccccc6)n5)c43)nc(-c3ccccc3)n2)cc1. The van der Waals surface area contributed by atoms with Crippen molar-refractivity contribution in [1.82, 2.24) is 34.1 Å². The van der Waals surface area contributed by atoms with E-state index >= 15 is 0 Å². The Hall–Kier alpha value is -9.37. The molecule has 14 aromatic rings.